The van der Waals surface area contributed by atoms with Crippen LogP contribution in [0.15, 0.2) is 42.5 Å². The topological polar surface area (TPSA) is 21.3 Å². The molecule has 0 fully saturated rings. The molecule has 4 heteroatoms. The Labute approximate surface area is 129 Å². The zero-order chi connectivity index (χ0) is 14.5. The molecule has 2 rings (SSSR count). The van der Waals surface area contributed by atoms with Crippen molar-refractivity contribution in [2.24, 2.45) is 0 Å². The van der Waals surface area contributed by atoms with E-state index in [1.165, 1.54) is 0 Å². The van der Waals surface area contributed by atoms with Crippen LogP contribution in [0.25, 0.3) is 0 Å². The van der Waals surface area contributed by atoms with Crippen LogP contribution >= 0.6 is 23.2 Å². The van der Waals surface area contributed by atoms with Gasteiger partial charge in [0.05, 0.1) is 28.4 Å². The number of halogens is 2. The minimum atomic E-state index is 0.0372. The maximum atomic E-state index is 6.18. The van der Waals surface area contributed by atoms with Gasteiger partial charge in [0.15, 0.2) is 0 Å². The molecule has 20 heavy (non-hydrogen) atoms. The minimum Gasteiger partial charge on any atom is -0.494 e. The number of ether oxygens (including phenoxy) is 1. The Balaban J connectivity index is 2.26. The zero-order valence-electron chi connectivity index (χ0n) is 11.5. The molecule has 0 spiro atoms. The van der Waals surface area contributed by atoms with Crippen LogP contribution in [0.4, 0.5) is 5.69 Å². The number of nitrogens with one attached hydrogen (secondary N) is 1. The molecule has 0 bridgehead atoms. The molecule has 0 saturated heterocycles. The molecule has 106 valence electrons. The second-order valence-electron chi connectivity index (χ2n) is 4.43. The summed E-state index contributed by atoms with van der Waals surface area (Å²) in [4.78, 5) is 0. The standard InChI is InChI=1S/C16H17Cl2NO/c1-3-20-15-10-5-4-7-12(15)11(2)19-16-13(17)8-6-9-14(16)18/h4-11,19H,3H2,1-2H3. The van der Waals surface area contributed by atoms with Crippen molar-refractivity contribution in [3.05, 3.63) is 58.1 Å². The van der Waals surface area contributed by atoms with E-state index >= 15 is 0 Å². The Kier molecular flexibility index (Phi) is 5.16. The summed E-state index contributed by atoms with van der Waals surface area (Å²) in [5.41, 5.74) is 1.82. The second kappa shape index (κ2) is 6.87. The van der Waals surface area contributed by atoms with Crippen molar-refractivity contribution in [2.75, 3.05) is 11.9 Å². The molecule has 0 aliphatic heterocycles. The Morgan fingerprint density at radius 3 is 2.35 bits per heavy atom. The van der Waals surface area contributed by atoms with Crippen LogP contribution in [0.5, 0.6) is 5.75 Å². The van der Waals surface area contributed by atoms with Crippen molar-refractivity contribution in [1.82, 2.24) is 0 Å². The molecular weight excluding hydrogens is 293 g/mol. The van der Waals surface area contributed by atoms with Gasteiger partial charge in [0, 0.05) is 5.56 Å². The average molecular weight is 310 g/mol. The number of anilines is 1. The first kappa shape index (κ1) is 15.0. The highest BCUT2D eigenvalue weighted by atomic mass is 35.5. The summed E-state index contributed by atoms with van der Waals surface area (Å²) in [6.07, 6.45) is 0. The van der Waals surface area contributed by atoms with E-state index in [4.69, 9.17) is 27.9 Å². The van der Waals surface area contributed by atoms with Crippen LogP contribution in [0.3, 0.4) is 0 Å². The van der Waals surface area contributed by atoms with E-state index in [1.54, 1.807) is 0 Å². The van der Waals surface area contributed by atoms with Crippen molar-refractivity contribution < 1.29 is 4.74 Å². The van der Waals surface area contributed by atoms with Crippen LogP contribution in [-0.4, -0.2) is 6.61 Å². The molecule has 1 atom stereocenters. The molecule has 2 nitrogen and oxygen atoms in total. The lowest BCUT2D eigenvalue weighted by atomic mass is 10.1. The van der Waals surface area contributed by atoms with Crippen LogP contribution < -0.4 is 10.1 Å². The van der Waals surface area contributed by atoms with E-state index in [9.17, 15) is 0 Å². The molecule has 0 aromatic heterocycles. The van der Waals surface area contributed by atoms with Crippen molar-refractivity contribution in [3.63, 3.8) is 0 Å². The molecule has 1 unspecified atom stereocenters. The van der Waals surface area contributed by atoms with Gasteiger partial charge in [-0.05, 0) is 32.0 Å². The smallest absolute Gasteiger partial charge is 0.124 e. The quantitative estimate of drug-likeness (QED) is 0.780. The van der Waals surface area contributed by atoms with Gasteiger partial charge in [0.1, 0.15) is 5.75 Å². The van der Waals surface area contributed by atoms with Gasteiger partial charge in [0.2, 0.25) is 0 Å². The van der Waals surface area contributed by atoms with Crippen molar-refractivity contribution in [2.45, 2.75) is 19.9 Å². The lowest BCUT2D eigenvalue weighted by Crippen LogP contribution is -2.09. The molecule has 0 heterocycles. The van der Waals surface area contributed by atoms with Crippen LogP contribution in [0, 0.1) is 0 Å². The van der Waals surface area contributed by atoms with E-state index in [-0.39, 0.29) is 6.04 Å². The van der Waals surface area contributed by atoms with Gasteiger partial charge in [-0.25, -0.2) is 0 Å². The summed E-state index contributed by atoms with van der Waals surface area (Å²) < 4.78 is 5.65. The predicted molar refractivity (Wildman–Crippen MR) is 86.1 cm³/mol. The number of hydrogen-bond acceptors (Lipinski definition) is 2. The molecule has 0 aliphatic rings. The Bertz CT molecular complexity index is 566. The fourth-order valence-corrected chi connectivity index (χ4v) is 2.56. The normalized spacial score (nSPS) is 12.0. The summed E-state index contributed by atoms with van der Waals surface area (Å²) in [5, 5.41) is 4.57. The number of benzene rings is 2. The molecule has 0 radical (unpaired) electrons. The van der Waals surface area contributed by atoms with E-state index in [0.717, 1.165) is 17.0 Å². The highest BCUT2D eigenvalue weighted by Gasteiger charge is 2.14. The van der Waals surface area contributed by atoms with Crippen LogP contribution in [0.1, 0.15) is 25.5 Å². The molecule has 0 saturated carbocycles. The second-order valence-corrected chi connectivity index (χ2v) is 5.25. The summed E-state index contributed by atoms with van der Waals surface area (Å²) >= 11 is 12.4. The fourth-order valence-electron chi connectivity index (χ4n) is 2.06. The van der Waals surface area contributed by atoms with Crippen LogP contribution in [0.2, 0.25) is 10.0 Å². The van der Waals surface area contributed by atoms with Gasteiger partial charge >= 0.3 is 0 Å². The maximum Gasteiger partial charge on any atom is 0.124 e. The summed E-state index contributed by atoms with van der Waals surface area (Å²) in [6, 6.07) is 13.4. The largest absolute Gasteiger partial charge is 0.494 e. The Morgan fingerprint density at radius 2 is 1.70 bits per heavy atom. The summed E-state index contributed by atoms with van der Waals surface area (Å²) in [6.45, 7) is 4.66. The average Bonchev–Trinajstić information content (AvgIpc) is 2.44. The van der Waals surface area contributed by atoms with Gasteiger partial charge in [-0.15, -0.1) is 0 Å². The van der Waals surface area contributed by atoms with Gasteiger partial charge in [-0.1, -0.05) is 47.5 Å². The highest BCUT2D eigenvalue weighted by molar-refractivity contribution is 6.39. The third-order valence-corrected chi connectivity index (χ3v) is 3.64. The van der Waals surface area contributed by atoms with Crippen molar-refractivity contribution in [3.8, 4) is 5.75 Å². The summed E-state index contributed by atoms with van der Waals surface area (Å²) in [7, 11) is 0. The lowest BCUT2D eigenvalue weighted by Gasteiger charge is -2.20. The van der Waals surface area contributed by atoms with Gasteiger partial charge in [-0.2, -0.15) is 0 Å². The van der Waals surface area contributed by atoms with Crippen molar-refractivity contribution in [1.29, 1.82) is 0 Å². The Morgan fingerprint density at radius 1 is 1.05 bits per heavy atom. The molecule has 2 aromatic carbocycles. The van der Waals surface area contributed by atoms with E-state index in [1.807, 2.05) is 49.4 Å². The first-order valence-corrected chi connectivity index (χ1v) is 7.31. The van der Waals surface area contributed by atoms with E-state index in [2.05, 4.69) is 12.2 Å². The molecule has 0 amide bonds. The number of para-hydroxylation sites is 2. The third kappa shape index (κ3) is 3.38. The molecular formula is C16H17Cl2NO. The minimum absolute atomic E-state index is 0.0372. The SMILES string of the molecule is CCOc1ccccc1C(C)Nc1c(Cl)cccc1Cl. The maximum absolute atomic E-state index is 6.18. The first-order chi connectivity index (χ1) is 9.63. The van der Waals surface area contributed by atoms with Gasteiger partial charge < -0.3 is 10.1 Å². The van der Waals surface area contributed by atoms with E-state index < -0.39 is 0 Å². The van der Waals surface area contributed by atoms with Crippen molar-refractivity contribution >= 4 is 28.9 Å². The zero-order valence-corrected chi connectivity index (χ0v) is 13.0. The lowest BCUT2D eigenvalue weighted by molar-refractivity contribution is 0.335. The van der Waals surface area contributed by atoms with Gasteiger partial charge in [0.25, 0.3) is 0 Å². The Hall–Kier alpha value is -1.38. The molecule has 1 N–H and O–H groups in total. The monoisotopic (exact) mass is 309 g/mol. The molecule has 0 aliphatic carbocycles. The third-order valence-electron chi connectivity index (χ3n) is 3.01. The summed E-state index contributed by atoms with van der Waals surface area (Å²) in [5.74, 6) is 0.873. The van der Waals surface area contributed by atoms with E-state index in [0.29, 0.717) is 16.7 Å². The highest BCUT2D eigenvalue weighted by Crippen LogP contribution is 2.34. The number of rotatable bonds is 5. The first-order valence-electron chi connectivity index (χ1n) is 6.55. The van der Waals surface area contributed by atoms with Gasteiger partial charge in [-0.3, -0.25) is 0 Å². The van der Waals surface area contributed by atoms with Crippen LogP contribution in [-0.2, 0) is 0 Å². The predicted octanol–water partition coefficient (Wildman–Crippen LogP) is 5.57. The molecule has 2 aromatic rings. The fraction of sp³-hybridized carbons (Fsp3) is 0.250. The number of hydrogen-bond donors (Lipinski definition) is 1.